The number of carbonyl (C=O) groups is 1. The Morgan fingerprint density at radius 3 is 2.64 bits per heavy atom. The molecule has 1 aliphatic rings. The van der Waals surface area contributed by atoms with Gasteiger partial charge in [0.2, 0.25) is 5.91 Å². The largest absolute Gasteiger partial charge is 0.369 e. The molecule has 0 aliphatic heterocycles. The summed E-state index contributed by atoms with van der Waals surface area (Å²) in [6, 6.07) is 6.60. The molecule has 1 amide bonds. The first-order valence-corrected chi connectivity index (χ1v) is 7.67. The Kier molecular flexibility index (Phi) is 5.75. The van der Waals surface area contributed by atoms with Crippen LogP contribution >= 0.6 is 0 Å². The number of halogens is 1. The van der Waals surface area contributed by atoms with Gasteiger partial charge in [-0.25, -0.2) is 4.39 Å². The van der Waals surface area contributed by atoms with Gasteiger partial charge in [0, 0.05) is 12.6 Å². The molecule has 4 N–H and O–H groups in total. The topological polar surface area (TPSA) is 79.5 Å². The maximum Gasteiger partial charge on any atom is 0.222 e. The van der Waals surface area contributed by atoms with E-state index in [1.807, 2.05) is 6.92 Å². The second kappa shape index (κ2) is 7.77. The molecule has 0 heterocycles. The van der Waals surface area contributed by atoms with Crippen LogP contribution in [0.4, 0.5) is 4.39 Å². The molecular formula is C16H23FN4O. The molecule has 1 aromatic carbocycles. The minimum atomic E-state index is -0.403. The molecule has 0 saturated heterocycles. The number of aliphatic imine (C=N–C) groups is 1. The van der Waals surface area contributed by atoms with E-state index in [2.05, 4.69) is 15.6 Å². The van der Waals surface area contributed by atoms with Crippen LogP contribution in [-0.2, 0) is 11.2 Å². The van der Waals surface area contributed by atoms with Gasteiger partial charge in [-0.2, -0.15) is 0 Å². The molecule has 1 atom stereocenters. The maximum atomic E-state index is 12.9. The fraction of sp³-hybridized carbons (Fsp3) is 0.500. The van der Waals surface area contributed by atoms with Crippen LogP contribution in [0.2, 0.25) is 0 Å². The van der Waals surface area contributed by atoms with Gasteiger partial charge in [-0.05, 0) is 43.9 Å². The lowest BCUT2D eigenvalue weighted by atomic mass is 9.99. The van der Waals surface area contributed by atoms with Crippen molar-refractivity contribution >= 4 is 11.9 Å². The van der Waals surface area contributed by atoms with Gasteiger partial charge in [-0.1, -0.05) is 12.1 Å². The van der Waals surface area contributed by atoms with E-state index in [9.17, 15) is 9.18 Å². The van der Waals surface area contributed by atoms with Gasteiger partial charge in [-0.3, -0.25) is 9.79 Å². The van der Waals surface area contributed by atoms with E-state index < -0.39 is 11.8 Å². The first-order valence-electron chi connectivity index (χ1n) is 7.67. The van der Waals surface area contributed by atoms with Crippen molar-refractivity contribution in [2.75, 3.05) is 13.1 Å². The molecule has 2 rings (SSSR count). The normalized spacial score (nSPS) is 16.2. The van der Waals surface area contributed by atoms with Crippen LogP contribution in [0.3, 0.4) is 0 Å². The molecule has 1 aromatic rings. The highest BCUT2D eigenvalue weighted by Gasteiger charge is 2.22. The Morgan fingerprint density at radius 2 is 2.09 bits per heavy atom. The molecule has 1 fully saturated rings. The fourth-order valence-corrected chi connectivity index (χ4v) is 2.10. The summed E-state index contributed by atoms with van der Waals surface area (Å²) in [4.78, 5) is 16.1. The van der Waals surface area contributed by atoms with E-state index in [4.69, 9.17) is 5.73 Å². The SMILES string of the molecule is CCNC(=NCC(Cc1ccc(F)cc1)C(N)=O)NC1CC1. The number of rotatable bonds is 7. The molecule has 6 heteroatoms. The van der Waals surface area contributed by atoms with Crippen molar-refractivity contribution in [1.82, 2.24) is 10.6 Å². The van der Waals surface area contributed by atoms with E-state index in [-0.39, 0.29) is 5.82 Å². The van der Waals surface area contributed by atoms with Crippen LogP contribution < -0.4 is 16.4 Å². The van der Waals surface area contributed by atoms with E-state index in [0.29, 0.717) is 19.0 Å². The maximum absolute atomic E-state index is 12.9. The highest BCUT2D eigenvalue weighted by molar-refractivity contribution is 5.81. The van der Waals surface area contributed by atoms with Crippen molar-refractivity contribution in [3.05, 3.63) is 35.6 Å². The molecule has 5 nitrogen and oxygen atoms in total. The summed E-state index contributed by atoms with van der Waals surface area (Å²) in [5.41, 5.74) is 6.34. The number of hydrogen-bond acceptors (Lipinski definition) is 2. The zero-order valence-electron chi connectivity index (χ0n) is 12.8. The van der Waals surface area contributed by atoms with Gasteiger partial charge in [0.05, 0.1) is 12.5 Å². The number of nitrogens with one attached hydrogen (secondary N) is 2. The van der Waals surface area contributed by atoms with Crippen molar-refractivity contribution in [3.63, 3.8) is 0 Å². The van der Waals surface area contributed by atoms with E-state index in [0.717, 1.165) is 30.9 Å². The number of nitrogens with two attached hydrogens (primary N) is 1. The molecule has 1 unspecified atom stereocenters. The molecule has 22 heavy (non-hydrogen) atoms. The minimum absolute atomic E-state index is 0.291. The quantitative estimate of drug-likeness (QED) is 0.523. The summed E-state index contributed by atoms with van der Waals surface area (Å²) < 4.78 is 12.9. The standard InChI is InChI=1S/C16H23FN4O/c1-2-19-16(21-14-7-8-14)20-10-12(15(18)22)9-11-3-5-13(17)6-4-11/h3-6,12,14H,2,7-10H2,1H3,(H2,18,22)(H2,19,20,21). The number of guanidine groups is 1. The Morgan fingerprint density at radius 1 is 1.41 bits per heavy atom. The number of amides is 1. The van der Waals surface area contributed by atoms with Crippen LogP contribution in [-0.4, -0.2) is 31.0 Å². The first-order chi connectivity index (χ1) is 10.6. The third-order valence-corrected chi connectivity index (χ3v) is 3.53. The average molecular weight is 306 g/mol. The summed E-state index contributed by atoms with van der Waals surface area (Å²) in [6.07, 6.45) is 2.76. The Balaban J connectivity index is 1.97. The number of hydrogen-bond donors (Lipinski definition) is 3. The molecule has 0 radical (unpaired) electrons. The number of carbonyl (C=O) groups excluding carboxylic acids is 1. The molecule has 1 saturated carbocycles. The van der Waals surface area contributed by atoms with Crippen molar-refractivity contribution in [2.24, 2.45) is 16.6 Å². The molecule has 120 valence electrons. The molecular weight excluding hydrogens is 283 g/mol. The van der Waals surface area contributed by atoms with Gasteiger partial charge in [0.1, 0.15) is 5.82 Å². The zero-order chi connectivity index (χ0) is 15.9. The van der Waals surface area contributed by atoms with Gasteiger partial charge in [0.15, 0.2) is 5.96 Å². The summed E-state index contributed by atoms with van der Waals surface area (Å²) in [5, 5.41) is 6.45. The van der Waals surface area contributed by atoms with Gasteiger partial charge in [0.25, 0.3) is 0 Å². The first kappa shape index (κ1) is 16.3. The number of primary amides is 1. The van der Waals surface area contributed by atoms with E-state index >= 15 is 0 Å². The third-order valence-electron chi connectivity index (χ3n) is 3.53. The predicted octanol–water partition coefficient (Wildman–Crippen LogP) is 1.19. The predicted molar refractivity (Wildman–Crippen MR) is 84.9 cm³/mol. The Hall–Kier alpha value is -2.11. The summed E-state index contributed by atoms with van der Waals surface area (Å²) in [7, 11) is 0. The average Bonchev–Trinajstić information content (AvgIpc) is 3.29. The zero-order valence-corrected chi connectivity index (χ0v) is 12.8. The lowest BCUT2D eigenvalue weighted by molar-refractivity contribution is -0.121. The lowest BCUT2D eigenvalue weighted by Crippen LogP contribution is -2.39. The minimum Gasteiger partial charge on any atom is -0.369 e. The highest BCUT2D eigenvalue weighted by Crippen LogP contribution is 2.18. The van der Waals surface area contributed by atoms with E-state index in [1.165, 1.54) is 12.1 Å². The Labute approximate surface area is 130 Å². The monoisotopic (exact) mass is 306 g/mol. The van der Waals surface area contributed by atoms with Crippen LogP contribution in [0, 0.1) is 11.7 Å². The molecule has 1 aliphatic carbocycles. The van der Waals surface area contributed by atoms with Crippen LogP contribution in [0.15, 0.2) is 29.3 Å². The second-order valence-electron chi connectivity index (χ2n) is 5.57. The molecule has 0 spiro atoms. The molecule has 0 bridgehead atoms. The van der Waals surface area contributed by atoms with Crippen molar-refractivity contribution < 1.29 is 9.18 Å². The van der Waals surface area contributed by atoms with Crippen LogP contribution in [0.5, 0.6) is 0 Å². The smallest absolute Gasteiger partial charge is 0.222 e. The highest BCUT2D eigenvalue weighted by atomic mass is 19.1. The van der Waals surface area contributed by atoms with Crippen LogP contribution in [0.25, 0.3) is 0 Å². The van der Waals surface area contributed by atoms with Gasteiger partial charge < -0.3 is 16.4 Å². The van der Waals surface area contributed by atoms with Gasteiger partial charge in [-0.15, -0.1) is 0 Å². The van der Waals surface area contributed by atoms with Gasteiger partial charge >= 0.3 is 0 Å². The third kappa shape index (κ3) is 5.35. The lowest BCUT2D eigenvalue weighted by Gasteiger charge is -2.14. The fourth-order valence-electron chi connectivity index (χ4n) is 2.10. The summed E-state index contributed by atoms with van der Waals surface area (Å²) >= 11 is 0. The Bertz CT molecular complexity index is 525. The number of benzene rings is 1. The summed E-state index contributed by atoms with van der Waals surface area (Å²) in [5.74, 6) is -0.369. The van der Waals surface area contributed by atoms with E-state index in [1.54, 1.807) is 12.1 Å². The van der Waals surface area contributed by atoms with Crippen molar-refractivity contribution in [1.29, 1.82) is 0 Å². The summed E-state index contributed by atoms with van der Waals surface area (Å²) in [6.45, 7) is 3.07. The van der Waals surface area contributed by atoms with Crippen molar-refractivity contribution in [2.45, 2.75) is 32.2 Å². The molecule has 0 aromatic heterocycles. The second-order valence-corrected chi connectivity index (χ2v) is 5.57. The van der Waals surface area contributed by atoms with Crippen LogP contribution in [0.1, 0.15) is 25.3 Å². The van der Waals surface area contributed by atoms with Crippen molar-refractivity contribution in [3.8, 4) is 0 Å². The number of nitrogens with zero attached hydrogens (tertiary/aromatic N) is 1.